The molecule has 0 aliphatic carbocycles. The van der Waals surface area contributed by atoms with Crippen LogP contribution in [-0.4, -0.2) is 23.5 Å². The van der Waals surface area contributed by atoms with Gasteiger partial charge in [-0.15, -0.1) is 0 Å². The second-order valence-electron chi connectivity index (χ2n) is 2.94. The van der Waals surface area contributed by atoms with E-state index in [0.717, 1.165) is 0 Å². The highest BCUT2D eigenvalue weighted by atomic mass is 32.3. The Labute approximate surface area is 54.0 Å². The summed E-state index contributed by atoms with van der Waals surface area (Å²) in [7, 11) is 0.0110. The van der Waals surface area contributed by atoms with Gasteiger partial charge in [-0.1, -0.05) is 6.92 Å². The van der Waals surface area contributed by atoms with Crippen molar-refractivity contribution in [1.82, 2.24) is 0 Å². The third-order valence-electron chi connectivity index (χ3n) is 1.97. The molecule has 1 aliphatic heterocycles. The predicted molar refractivity (Wildman–Crippen MR) is 43.0 cm³/mol. The van der Waals surface area contributed by atoms with E-state index < -0.39 is 0 Å². The number of rotatable bonds is 2. The van der Waals surface area contributed by atoms with Gasteiger partial charge in [-0.25, -0.2) is 10.0 Å². The zero-order valence-corrected chi connectivity index (χ0v) is 6.76. The fraction of sp³-hybridized carbons (Fsp3) is 1.00. The largest absolute Gasteiger partial charge is 0.244 e. The molecule has 0 unspecified atom stereocenters. The molecule has 1 fully saturated rings. The van der Waals surface area contributed by atoms with Gasteiger partial charge in [0, 0.05) is 0 Å². The smallest absolute Gasteiger partial charge is 0.0223 e. The molecule has 0 aromatic rings. The van der Waals surface area contributed by atoms with Crippen molar-refractivity contribution in [3.05, 3.63) is 0 Å². The van der Waals surface area contributed by atoms with Crippen molar-refractivity contribution in [1.29, 1.82) is 0 Å². The molecule has 0 bridgehead atoms. The quantitative estimate of drug-likeness (QED) is 0.540. The highest BCUT2D eigenvalue weighted by Crippen LogP contribution is 2.53. The van der Waals surface area contributed by atoms with Crippen LogP contribution in [0.15, 0.2) is 0 Å². The van der Waals surface area contributed by atoms with E-state index in [-0.39, 0.29) is 10.0 Å². The topological polar surface area (TPSA) is 0 Å². The lowest BCUT2D eigenvalue weighted by atomic mass is 10.5. The van der Waals surface area contributed by atoms with Crippen LogP contribution in [0.25, 0.3) is 0 Å². The molecule has 0 amide bonds. The van der Waals surface area contributed by atoms with Crippen LogP contribution >= 0.6 is 10.0 Å². The molecular weight excluding hydrogens is 116 g/mol. The van der Waals surface area contributed by atoms with Crippen molar-refractivity contribution in [2.24, 2.45) is 0 Å². The lowest BCUT2D eigenvalue weighted by molar-refractivity contribution is 0.984. The lowest BCUT2D eigenvalue weighted by Gasteiger charge is -2.44. The van der Waals surface area contributed by atoms with Crippen LogP contribution in [0.1, 0.15) is 19.8 Å². The van der Waals surface area contributed by atoms with E-state index in [9.17, 15) is 0 Å². The molecular formula is C7H16S. The van der Waals surface area contributed by atoms with E-state index in [0.29, 0.717) is 0 Å². The van der Waals surface area contributed by atoms with Gasteiger partial charge in [0.15, 0.2) is 0 Å². The Kier molecular flexibility index (Phi) is 1.86. The maximum Gasteiger partial charge on any atom is -0.0223 e. The van der Waals surface area contributed by atoms with Crippen LogP contribution < -0.4 is 0 Å². The molecule has 1 heteroatoms. The molecule has 8 heavy (non-hydrogen) atoms. The number of hydrogen-bond acceptors (Lipinski definition) is 0. The SMILES string of the molecule is CCCS1(C)CCC1. The Hall–Kier alpha value is 0.350. The summed E-state index contributed by atoms with van der Waals surface area (Å²) in [6.45, 7) is 2.30. The third-order valence-corrected chi connectivity index (χ3v) is 5.91. The first-order valence-electron chi connectivity index (χ1n) is 3.48. The maximum atomic E-state index is 2.50. The van der Waals surface area contributed by atoms with Crippen LogP contribution in [0.5, 0.6) is 0 Å². The van der Waals surface area contributed by atoms with Crippen LogP contribution in [0.2, 0.25) is 0 Å². The minimum atomic E-state index is 0.0110. The monoisotopic (exact) mass is 132 g/mol. The van der Waals surface area contributed by atoms with Crippen LogP contribution in [0.3, 0.4) is 0 Å². The zero-order chi connectivity index (χ0) is 6.04. The van der Waals surface area contributed by atoms with Crippen molar-refractivity contribution in [3.8, 4) is 0 Å². The molecule has 0 N–H and O–H groups in total. The Morgan fingerprint density at radius 3 is 2.12 bits per heavy atom. The van der Waals surface area contributed by atoms with Gasteiger partial charge in [0.05, 0.1) is 0 Å². The molecule has 0 aromatic heterocycles. The van der Waals surface area contributed by atoms with Crippen molar-refractivity contribution in [3.63, 3.8) is 0 Å². The molecule has 1 aliphatic rings. The second kappa shape index (κ2) is 2.30. The summed E-state index contributed by atoms with van der Waals surface area (Å²) in [5, 5.41) is 0. The maximum absolute atomic E-state index is 2.50. The standard InChI is InChI=1S/C7H16S/c1-3-5-8(2)6-4-7-8/h3-7H2,1-2H3. The third kappa shape index (κ3) is 1.19. The van der Waals surface area contributed by atoms with Crippen LogP contribution in [-0.2, 0) is 0 Å². The van der Waals surface area contributed by atoms with E-state index in [1.54, 1.807) is 11.5 Å². The highest BCUT2D eigenvalue weighted by Gasteiger charge is 2.24. The minimum absolute atomic E-state index is 0.0110. The Balaban J connectivity index is 2.20. The molecule has 0 nitrogen and oxygen atoms in total. The average molecular weight is 132 g/mol. The Bertz CT molecular complexity index is 74.5. The molecule has 0 radical (unpaired) electrons. The van der Waals surface area contributed by atoms with E-state index in [4.69, 9.17) is 0 Å². The normalized spacial score (nSPS) is 28.8. The molecule has 1 saturated heterocycles. The van der Waals surface area contributed by atoms with Crippen molar-refractivity contribution < 1.29 is 0 Å². The summed E-state index contributed by atoms with van der Waals surface area (Å²) in [4.78, 5) is 0. The first kappa shape index (κ1) is 6.47. The zero-order valence-electron chi connectivity index (χ0n) is 5.94. The van der Waals surface area contributed by atoms with E-state index >= 15 is 0 Å². The molecule has 0 atom stereocenters. The first-order valence-corrected chi connectivity index (χ1v) is 6.03. The van der Waals surface area contributed by atoms with Gasteiger partial charge in [-0.05, 0) is 36.4 Å². The van der Waals surface area contributed by atoms with Gasteiger partial charge in [-0.2, -0.15) is 0 Å². The van der Waals surface area contributed by atoms with Gasteiger partial charge in [0.1, 0.15) is 0 Å². The van der Waals surface area contributed by atoms with E-state index in [1.165, 1.54) is 18.6 Å². The van der Waals surface area contributed by atoms with Gasteiger partial charge in [0.25, 0.3) is 0 Å². The van der Waals surface area contributed by atoms with Crippen molar-refractivity contribution >= 4 is 10.0 Å². The molecule has 1 rings (SSSR count). The molecule has 0 spiro atoms. The number of hydrogen-bond donors (Lipinski definition) is 0. The summed E-state index contributed by atoms with van der Waals surface area (Å²) in [5.74, 6) is 4.68. The summed E-state index contributed by atoms with van der Waals surface area (Å²) in [6, 6.07) is 0. The van der Waals surface area contributed by atoms with Gasteiger partial charge >= 0.3 is 0 Å². The summed E-state index contributed by atoms with van der Waals surface area (Å²) >= 11 is 0. The van der Waals surface area contributed by atoms with Crippen molar-refractivity contribution in [2.75, 3.05) is 23.5 Å². The minimum Gasteiger partial charge on any atom is -0.244 e. The van der Waals surface area contributed by atoms with Crippen LogP contribution in [0.4, 0.5) is 0 Å². The highest BCUT2D eigenvalue weighted by molar-refractivity contribution is 8.34. The summed E-state index contributed by atoms with van der Waals surface area (Å²) < 4.78 is 0. The summed E-state index contributed by atoms with van der Waals surface area (Å²) in [6.07, 6.45) is 5.43. The van der Waals surface area contributed by atoms with Gasteiger partial charge in [0.2, 0.25) is 0 Å². The fourth-order valence-electron chi connectivity index (χ4n) is 1.33. The average Bonchev–Trinajstić information content (AvgIpc) is 1.64. The predicted octanol–water partition coefficient (Wildman–Crippen LogP) is 2.23. The Morgan fingerprint density at radius 1 is 1.38 bits per heavy atom. The molecule has 1 heterocycles. The lowest BCUT2D eigenvalue weighted by Crippen LogP contribution is -2.22. The van der Waals surface area contributed by atoms with E-state index in [1.807, 2.05) is 0 Å². The summed E-state index contributed by atoms with van der Waals surface area (Å²) in [5.41, 5.74) is 0. The van der Waals surface area contributed by atoms with E-state index in [2.05, 4.69) is 13.2 Å². The van der Waals surface area contributed by atoms with Crippen LogP contribution in [0, 0.1) is 0 Å². The second-order valence-corrected chi connectivity index (χ2v) is 7.13. The van der Waals surface area contributed by atoms with Gasteiger partial charge < -0.3 is 0 Å². The molecule has 50 valence electrons. The Morgan fingerprint density at radius 2 is 2.00 bits per heavy atom. The fourth-order valence-corrected chi connectivity index (χ4v) is 4.00. The van der Waals surface area contributed by atoms with Crippen molar-refractivity contribution in [2.45, 2.75) is 19.8 Å². The molecule has 0 aromatic carbocycles. The first-order chi connectivity index (χ1) is 3.77. The molecule has 0 saturated carbocycles. The van der Waals surface area contributed by atoms with Gasteiger partial charge in [-0.3, -0.25) is 0 Å².